The van der Waals surface area contributed by atoms with Crippen LogP contribution in [0.5, 0.6) is 0 Å². The molecule has 4 aromatic carbocycles. The molecular formula is C28H12N4O8. The van der Waals surface area contributed by atoms with Crippen molar-refractivity contribution in [2.45, 2.75) is 0 Å². The fraction of sp³-hybridized carbons (Fsp3) is 0. The Balaban J connectivity index is 1.66. The third kappa shape index (κ3) is 3.65. The predicted octanol–water partition coefficient (Wildman–Crippen LogP) is 6.60. The summed E-state index contributed by atoms with van der Waals surface area (Å²) >= 11 is 0. The molecular weight excluding hydrogens is 520 g/mol. The van der Waals surface area contributed by atoms with E-state index in [2.05, 4.69) is 11.5 Å². The van der Waals surface area contributed by atoms with Gasteiger partial charge in [-0.3, -0.25) is 40.5 Å². The molecule has 0 bridgehead atoms. The maximum Gasteiger partial charge on any atom is 0.270 e. The molecule has 40 heavy (non-hydrogen) atoms. The Morgan fingerprint density at radius 1 is 0.375 bits per heavy atom. The summed E-state index contributed by atoms with van der Waals surface area (Å²) in [4.78, 5) is 43.4. The summed E-state index contributed by atoms with van der Waals surface area (Å²) in [5.41, 5.74) is 10.4. The molecule has 0 fully saturated rings. The molecule has 0 heterocycles. The highest BCUT2D eigenvalue weighted by molar-refractivity contribution is 6.04. The molecule has 4 aromatic rings. The molecule has 0 unspecified atom stereocenters. The maximum absolute atomic E-state index is 11.4. The Morgan fingerprint density at radius 3 is 0.800 bits per heavy atom. The van der Waals surface area contributed by atoms with E-state index in [1.54, 1.807) is 0 Å². The van der Waals surface area contributed by atoms with E-state index in [0.29, 0.717) is 55.7 Å². The average Bonchev–Trinajstić information content (AvgIpc) is 3.42. The second-order valence-corrected chi connectivity index (χ2v) is 8.95. The molecule has 2 aliphatic rings. The zero-order valence-electron chi connectivity index (χ0n) is 20.0. The average molecular weight is 532 g/mol. The van der Waals surface area contributed by atoms with Gasteiger partial charge in [-0.05, 0) is 68.8 Å². The molecule has 0 saturated carbocycles. The Labute approximate surface area is 223 Å². The van der Waals surface area contributed by atoms with Crippen molar-refractivity contribution in [1.29, 1.82) is 0 Å². The fourth-order valence-electron chi connectivity index (χ4n) is 5.03. The van der Waals surface area contributed by atoms with E-state index in [4.69, 9.17) is 0 Å². The first-order valence-electron chi connectivity index (χ1n) is 11.6. The summed E-state index contributed by atoms with van der Waals surface area (Å²) in [6.45, 7) is 0. The van der Waals surface area contributed by atoms with Crippen LogP contribution in [0.25, 0.3) is 33.4 Å². The topological polar surface area (TPSA) is 173 Å². The minimum Gasteiger partial charge on any atom is -0.258 e. The largest absolute Gasteiger partial charge is 0.270 e. The van der Waals surface area contributed by atoms with Crippen LogP contribution in [-0.4, -0.2) is 19.7 Å². The zero-order valence-corrected chi connectivity index (χ0v) is 20.0. The normalized spacial score (nSPS) is 12.0. The molecule has 0 amide bonds. The van der Waals surface area contributed by atoms with E-state index in [-0.39, 0.29) is 22.7 Å². The molecule has 0 atom stereocenters. The Morgan fingerprint density at radius 2 is 0.600 bits per heavy atom. The van der Waals surface area contributed by atoms with Gasteiger partial charge < -0.3 is 0 Å². The van der Waals surface area contributed by atoms with Gasteiger partial charge in [0.15, 0.2) is 0 Å². The quantitative estimate of drug-likeness (QED) is 0.139. The molecule has 12 nitrogen and oxygen atoms in total. The standard InChI is InChI=1S/C28H12N4O8/c33-29(34)15-1-5-21-19(22-6-2-16(30(35)36)12-26(22)25(21)11-15)9-10-20-23-7-3-17(31(37)38)13-27(23)28-14-18(32(39)40)4-8-24(20)28/h1-8,11-14H. The number of rotatable bonds is 4. The summed E-state index contributed by atoms with van der Waals surface area (Å²) in [5.74, 6) is 0. The van der Waals surface area contributed by atoms with Crippen LogP contribution in [0.3, 0.4) is 0 Å². The van der Waals surface area contributed by atoms with Gasteiger partial charge >= 0.3 is 0 Å². The van der Waals surface area contributed by atoms with Gasteiger partial charge in [0.05, 0.1) is 19.7 Å². The predicted molar refractivity (Wildman–Crippen MR) is 142 cm³/mol. The molecule has 6 rings (SSSR count). The lowest BCUT2D eigenvalue weighted by atomic mass is 10.0. The minimum absolute atomic E-state index is 0.179. The van der Waals surface area contributed by atoms with Crippen LogP contribution >= 0.6 is 0 Å². The molecule has 0 radical (unpaired) electrons. The van der Waals surface area contributed by atoms with Gasteiger partial charge in [-0.25, -0.2) is 0 Å². The molecule has 2 aliphatic carbocycles. The van der Waals surface area contributed by atoms with Crippen LogP contribution in [0.15, 0.2) is 84.3 Å². The van der Waals surface area contributed by atoms with Crippen molar-refractivity contribution in [3.8, 4) is 22.3 Å². The van der Waals surface area contributed by atoms with Gasteiger partial charge in [-0.15, -0.1) is 0 Å². The second-order valence-electron chi connectivity index (χ2n) is 8.95. The third-order valence-electron chi connectivity index (χ3n) is 6.83. The number of hydrogen-bond acceptors (Lipinski definition) is 8. The summed E-state index contributed by atoms with van der Waals surface area (Å²) in [7, 11) is 0. The molecule has 0 aromatic heterocycles. The van der Waals surface area contributed by atoms with Crippen LogP contribution in [0, 0.1) is 40.5 Å². The molecule has 12 heteroatoms. The van der Waals surface area contributed by atoms with E-state index in [1.807, 2.05) is 0 Å². The SMILES string of the molecule is O=[N+]([O-])c1ccc2c(c1)-c1cc([N+](=O)[O-])ccc1C2=C=C=C1c2ccc([N+](=O)[O-])cc2-c2cc([N+](=O)[O-])ccc21. The smallest absolute Gasteiger partial charge is 0.258 e. The molecule has 0 spiro atoms. The fourth-order valence-corrected chi connectivity index (χ4v) is 5.03. The van der Waals surface area contributed by atoms with E-state index in [9.17, 15) is 40.5 Å². The van der Waals surface area contributed by atoms with Crippen molar-refractivity contribution in [3.63, 3.8) is 0 Å². The number of fused-ring (bicyclic) bond motifs is 6. The molecule has 192 valence electrons. The lowest BCUT2D eigenvalue weighted by Crippen LogP contribution is -1.90. The van der Waals surface area contributed by atoms with E-state index in [0.717, 1.165) is 0 Å². The number of non-ortho nitro benzene ring substituents is 4. The molecule has 0 aliphatic heterocycles. The van der Waals surface area contributed by atoms with Crippen molar-refractivity contribution >= 4 is 33.9 Å². The van der Waals surface area contributed by atoms with Gasteiger partial charge in [0, 0.05) is 59.7 Å². The number of nitro benzene ring substituents is 4. The monoisotopic (exact) mass is 532 g/mol. The summed E-state index contributed by atoms with van der Waals surface area (Å²) in [5, 5.41) is 45.6. The Kier molecular flexibility index (Phi) is 5.23. The third-order valence-corrected chi connectivity index (χ3v) is 6.83. The molecule has 0 saturated heterocycles. The summed E-state index contributed by atoms with van der Waals surface area (Å²) in [6.07, 6.45) is 0. The first-order valence-corrected chi connectivity index (χ1v) is 11.6. The highest BCUT2D eigenvalue weighted by atomic mass is 16.6. The van der Waals surface area contributed by atoms with Gasteiger partial charge in [0.1, 0.15) is 0 Å². The van der Waals surface area contributed by atoms with Crippen molar-refractivity contribution < 1.29 is 19.7 Å². The van der Waals surface area contributed by atoms with E-state index in [1.165, 1.54) is 72.8 Å². The first kappa shape index (κ1) is 24.1. The van der Waals surface area contributed by atoms with Crippen molar-refractivity contribution in [1.82, 2.24) is 0 Å². The van der Waals surface area contributed by atoms with Crippen molar-refractivity contribution in [2.24, 2.45) is 0 Å². The second kappa shape index (κ2) is 8.67. The van der Waals surface area contributed by atoms with E-state index >= 15 is 0 Å². The Bertz CT molecular complexity index is 1730. The van der Waals surface area contributed by atoms with Gasteiger partial charge in [0.2, 0.25) is 0 Å². The van der Waals surface area contributed by atoms with Crippen LogP contribution in [0.1, 0.15) is 22.3 Å². The van der Waals surface area contributed by atoms with Crippen molar-refractivity contribution in [3.05, 3.63) is 147 Å². The highest BCUT2D eigenvalue weighted by Crippen LogP contribution is 2.48. The summed E-state index contributed by atoms with van der Waals surface area (Å²) < 4.78 is 0. The van der Waals surface area contributed by atoms with E-state index < -0.39 is 19.7 Å². The van der Waals surface area contributed by atoms with Crippen molar-refractivity contribution in [2.75, 3.05) is 0 Å². The van der Waals surface area contributed by atoms with Crippen LogP contribution in [-0.2, 0) is 0 Å². The lowest BCUT2D eigenvalue weighted by molar-refractivity contribution is -0.385. The maximum atomic E-state index is 11.4. The van der Waals surface area contributed by atoms with Gasteiger partial charge in [0.25, 0.3) is 22.7 Å². The number of nitro groups is 4. The zero-order chi connectivity index (χ0) is 28.3. The lowest BCUT2D eigenvalue weighted by Gasteiger charge is -2.00. The number of benzene rings is 4. The number of hydrogen-bond donors (Lipinski definition) is 0. The van der Waals surface area contributed by atoms with Crippen LogP contribution in [0.4, 0.5) is 22.7 Å². The van der Waals surface area contributed by atoms with Gasteiger partial charge in [-0.2, -0.15) is 0 Å². The van der Waals surface area contributed by atoms with Gasteiger partial charge in [-0.1, -0.05) is 11.5 Å². The minimum atomic E-state index is -0.554. The Hall–Kier alpha value is -6.22. The summed E-state index contributed by atoms with van der Waals surface area (Å²) in [6, 6.07) is 16.8. The number of nitrogens with zero attached hydrogens (tertiary/aromatic N) is 4. The van der Waals surface area contributed by atoms with Crippen LogP contribution in [0.2, 0.25) is 0 Å². The first-order chi connectivity index (χ1) is 19.1. The molecule has 0 N–H and O–H groups in total. The van der Waals surface area contributed by atoms with Crippen LogP contribution < -0.4 is 0 Å². The highest BCUT2D eigenvalue weighted by Gasteiger charge is 2.29.